The van der Waals surface area contributed by atoms with E-state index in [9.17, 15) is 0 Å². The van der Waals surface area contributed by atoms with Crippen LogP contribution >= 0.6 is 11.8 Å². The number of hydrogen-bond donors (Lipinski definition) is 1. The van der Waals surface area contributed by atoms with E-state index in [1.807, 2.05) is 11.8 Å². The summed E-state index contributed by atoms with van der Waals surface area (Å²) in [5.41, 5.74) is 8.18. The predicted molar refractivity (Wildman–Crippen MR) is 64.9 cm³/mol. The molecule has 0 fully saturated rings. The van der Waals surface area contributed by atoms with E-state index in [2.05, 4.69) is 32.0 Å². The Labute approximate surface area is 91.1 Å². The normalized spacial score (nSPS) is 10.5. The molecule has 0 saturated carbocycles. The van der Waals surface area contributed by atoms with Crippen molar-refractivity contribution < 1.29 is 0 Å². The zero-order chi connectivity index (χ0) is 10.4. The molecular weight excluding hydrogens is 190 g/mol. The molecule has 2 N–H and O–H groups in total. The van der Waals surface area contributed by atoms with Crippen LogP contribution in [0.25, 0.3) is 0 Å². The van der Waals surface area contributed by atoms with Gasteiger partial charge in [-0.05, 0) is 50.6 Å². The van der Waals surface area contributed by atoms with Crippen molar-refractivity contribution in [1.29, 1.82) is 0 Å². The SMILES string of the molecule is Cc1ccc(SCCCCN)c(C)c1. The molecule has 0 aliphatic rings. The van der Waals surface area contributed by atoms with Crippen molar-refractivity contribution in [3.63, 3.8) is 0 Å². The lowest BCUT2D eigenvalue weighted by atomic mass is 10.2. The first-order valence-corrected chi connectivity index (χ1v) is 6.12. The Morgan fingerprint density at radius 2 is 2.00 bits per heavy atom. The first kappa shape index (κ1) is 11.6. The Balaban J connectivity index is 2.42. The van der Waals surface area contributed by atoms with Crippen molar-refractivity contribution in [1.82, 2.24) is 0 Å². The van der Waals surface area contributed by atoms with Crippen molar-refractivity contribution in [2.75, 3.05) is 12.3 Å². The van der Waals surface area contributed by atoms with Gasteiger partial charge in [0, 0.05) is 4.90 Å². The minimum Gasteiger partial charge on any atom is -0.330 e. The lowest BCUT2D eigenvalue weighted by molar-refractivity contribution is 0.814. The summed E-state index contributed by atoms with van der Waals surface area (Å²) in [7, 11) is 0. The summed E-state index contributed by atoms with van der Waals surface area (Å²) in [6.07, 6.45) is 2.35. The van der Waals surface area contributed by atoms with Crippen molar-refractivity contribution >= 4 is 11.8 Å². The Bertz CT molecular complexity index is 284. The van der Waals surface area contributed by atoms with Crippen LogP contribution in [0, 0.1) is 13.8 Å². The van der Waals surface area contributed by atoms with Gasteiger partial charge >= 0.3 is 0 Å². The lowest BCUT2D eigenvalue weighted by Gasteiger charge is -2.05. The highest BCUT2D eigenvalue weighted by Gasteiger charge is 1.98. The highest BCUT2D eigenvalue weighted by molar-refractivity contribution is 7.99. The van der Waals surface area contributed by atoms with Crippen LogP contribution in [-0.2, 0) is 0 Å². The highest BCUT2D eigenvalue weighted by atomic mass is 32.2. The molecule has 14 heavy (non-hydrogen) atoms. The van der Waals surface area contributed by atoms with Crippen LogP contribution in [-0.4, -0.2) is 12.3 Å². The van der Waals surface area contributed by atoms with Gasteiger partial charge in [0.05, 0.1) is 0 Å². The molecule has 0 aliphatic heterocycles. The molecule has 0 aliphatic carbocycles. The summed E-state index contributed by atoms with van der Waals surface area (Å²) in [6, 6.07) is 6.64. The minimum atomic E-state index is 0.813. The fraction of sp³-hybridized carbons (Fsp3) is 0.500. The van der Waals surface area contributed by atoms with E-state index in [1.54, 1.807) is 0 Å². The number of nitrogens with two attached hydrogens (primary N) is 1. The van der Waals surface area contributed by atoms with Crippen LogP contribution in [0.5, 0.6) is 0 Å². The third-order valence-corrected chi connectivity index (χ3v) is 3.45. The predicted octanol–water partition coefficient (Wildman–Crippen LogP) is 3.13. The Kier molecular flexibility index (Phi) is 5.05. The zero-order valence-corrected chi connectivity index (χ0v) is 9.86. The third-order valence-electron chi connectivity index (χ3n) is 2.19. The summed E-state index contributed by atoms with van der Waals surface area (Å²) in [5.74, 6) is 1.18. The van der Waals surface area contributed by atoms with Crippen molar-refractivity contribution in [3.05, 3.63) is 29.3 Å². The van der Waals surface area contributed by atoms with Crippen LogP contribution in [0.15, 0.2) is 23.1 Å². The monoisotopic (exact) mass is 209 g/mol. The van der Waals surface area contributed by atoms with E-state index in [0.717, 1.165) is 13.0 Å². The van der Waals surface area contributed by atoms with Gasteiger partial charge in [-0.25, -0.2) is 0 Å². The van der Waals surface area contributed by atoms with E-state index in [0.29, 0.717) is 0 Å². The smallest absolute Gasteiger partial charge is 0.0101 e. The van der Waals surface area contributed by atoms with Crippen molar-refractivity contribution in [2.45, 2.75) is 31.6 Å². The molecule has 0 saturated heterocycles. The maximum Gasteiger partial charge on any atom is 0.0101 e. The van der Waals surface area contributed by atoms with Gasteiger partial charge < -0.3 is 5.73 Å². The summed E-state index contributed by atoms with van der Waals surface area (Å²) in [6.45, 7) is 5.13. The van der Waals surface area contributed by atoms with E-state index >= 15 is 0 Å². The van der Waals surface area contributed by atoms with Gasteiger partial charge in [0.25, 0.3) is 0 Å². The van der Waals surface area contributed by atoms with Gasteiger partial charge in [-0.3, -0.25) is 0 Å². The molecule has 0 unspecified atom stereocenters. The lowest BCUT2D eigenvalue weighted by Crippen LogP contribution is -1.98. The molecule has 1 rings (SSSR count). The molecule has 78 valence electrons. The minimum absolute atomic E-state index is 0.813. The Morgan fingerprint density at radius 3 is 2.64 bits per heavy atom. The highest BCUT2D eigenvalue weighted by Crippen LogP contribution is 2.23. The molecule has 0 spiro atoms. The largest absolute Gasteiger partial charge is 0.330 e. The molecule has 0 atom stereocenters. The van der Waals surface area contributed by atoms with E-state index < -0.39 is 0 Å². The van der Waals surface area contributed by atoms with E-state index in [-0.39, 0.29) is 0 Å². The van der Waals surface area contributed by atoms with Gasteiger partial charge in [0.1, 0.15) is 0 Å². The average Bonchev–Trinajstić information content (AvgIpc) is 2.15. The second kappa shape index (κ2) is 6.10. The van der Waals surface area contributed by atoms with Gasteiger partial charge in [-0.1, -0.05) is 17.7 Å². The summed E-state index contributed by atoms with van der Waals surface area (Å²) < 4.78 is 0. The van der Waals surface area contributed by atoms with Crippen LogP contribution in [0.2, 0.25) is 0 Å². The van der Waals surface area contributed by atoms with E-state index in [4.69, 9.17) is 5.73 Å². The number of benzene rings is 1. The first-order chi connectivity index (χ1) is 6.74. The molecule has 1 aromatic carbocycles. The van der Waals surface area contributed by atoms with Crippen molar-refractivity contribution in [3.8, 4) is 0 Å². The Morgan fingerprint density at radius 1 is 1.21 bits per heavy atom. The maximum atomic E-state index is 5.45. The molecule has 0 radical (unpaired) electrons. The maximum absolute atomic E-state index is 5.45. The van der Waals surface area contributed by atoms with Crippen LogP contribution in [0.4, 0.5) is 0 Å². The molecule has 2 heteroatoms. The van der Waals surface area contributed by atoms with Crippen LogP contribution < -0.4 is 5.73 Å². The number of aryl methyl sites for hydroxylation is 2. The summed E-state index contributed by atoms with van der Waals surface area (Å²) >= 11 is 1.94. The first-order valence-electron chi connectivity index (χ1n) is 5.14. The second-order valence-electron chi connectivity index (χ2n) is 3.61. The molecular formula is C12H19NS. The molecule has 1 nitrogen and oxygen atoms in total. The van der Waals surface area contributed by atoms with Gasteiger partial charge in [0.15, 0.2) is 0 Å². The number of rotatable bonds is 5. The number of thioether (sulfide) groups is 1. The molecule has 0 aromatic heterocycles. The van der Waals surface area contributed by atoms with Crippen LogP contribution in [0.3, 0.4) is 0 Å². The van der Waals surface area contributed by atoms with Gasteiger partial charge in [-0.2, -0.15) is 0 Å². The molecule has 0 amide bonds. The zero-order valence-electron chi connectivity index (χ0n) is 9.05. The fourth-order valence-electron chi connectivity index (χ4n) is 1.39. The quantitative estimate of drug-likeness (QED) is 0.595. The van der Waals surface area contributed by atoms with Gasteiger partial charge in [-0.15, -0.1) is 11.8 Å². The molecule has 0 bridgehead atoms. The fourth-order valence-corrected chi connectivity index (χ4v) is 2.41. The molecule has 0 heterocycles. The van der Waals surface area contributed by atoms with Crippen molar-refractivity contribution in [2.24, 2.45) is 5.73 Å². The van der Waals surface area contributed by atoms with E-state index in [1.165, 1.54) is 28.2 Å². The Hall–Kier alpha value is -0.470. The number of unbranched alkanes of at least 4 members (excludes halogenated alkanes) is 1. The van der Waals surface area contributed by atoms with Crippen LogP contribution in [0.1, 0.15) is 24.0 Å². The second-order valence-corrected chi connectivity index (χ2v) is 4.75. The molecule has 1 aromatic rings. The topological polar surface area (TPSA) is 26.0 Å². The summed E-state index contributed by atoms with van der Waals surface area (Å²) in [5, 5.41) is 0. The standard InChI is InChI=1S/C12H19NS/c1-10-5-6-12(11(2)9-10)14-8-4-3-7-13/h5-6,9H,3-4,7-8,13H2,1-2H3. The van der Waals surface area contributed by atoms with Gasteiger partial charge in [0.2, 0.25) is 0 Å². The average molecular weight is 209 g/mol. The summed E-state index contributed by atoms with van der Waals surface area (Å²) in [4.78, 5) is 1.41. The number of hydrogen-bond acceptors (Lipinski definition) is 2. The third kappa shape index (κ3) is 3.72.